The second kappa shape index (κ2) is 6.87. The molecular formula is C23H15ClN2O3. The van der Waals surface area contributed by atoms with Crippen molar-refractivity contribution in [1.29, 1.82) is 0 Å². The van der Waals surface area contributed by atoms with Crippen molar-refractivity contribution in [2.75, 3.05) is 0 Å². The molecule has 142 valence electrons. The van der Waals surface area contributed by atoms with Crippen molar-refractivity contribution in [2.24, 2.45) is 0 Å². The third kappa shape index (κ3) is 2.91. The third-order valence-corrected chi connectivity index (χ3v) is 5.35. The van der Waals surface area contributed by atoms with E-state index in [0.717, 1.165) is 11.1 Å². The SMILES string of the molecule is O=C1c2oc3ccc(Cl)cc3c(=O)c2[C@@H](c2ccccc2)N1Cc1cccnc1. The van der Waals surface area contributed by atoms with E-state index in [0.29, 0.717) is 28.1 Å². The van der Waals surface area contributed by atoms with Crippen LogP contribution in [0.4, 0.5) is 0 Å². The van der Waals surface area contributed by atoms with Gasteiger partial charge < -0.3 is 9.32 Å². The Morgan fingerprint density at radius 2 is 1.86 bits per heavy atom. The van der Waals surface area contributed by atoms with Gasteiger partial charge in [-0.2, -0.15) is 0 Å². The molecule has 0 bridgehead atoms. The molecule has 0 radical (unpaired) electrons. The van der Waals surface area contributed by atoms with Gasteiger partial charge in [-0.15, -0.1) is 0 Å². The molecule has 0 aliphatic carbocycles. The van der Waals surface area contributed by atoms with E-state index in [4.69, 9.17) is 16.0 Å². The van der Waals surface area contributed by atoms with E-state index in [1.54, 1.807) is 35.5 Å². The first-order valence-corrected chi connectivity index (χ1v) is 9.52. The first-order chi connectivity index (χ1) is 14.1. The van der Waals surface area contributed by atoms with E-state index in [1.807, 2.05) is 42.5 Å². The average Bonchev–Trinajstić information content (AvgIpc) is 3.02. The topological polar surface area (TPSA) is 63.4 Å². The number of hydrogen-bond acceptors (Lipinski definition) is 4. The number of carbonyl (C=O) groups is 1. The van der Waals surface area contributed by atoms with Gasteiger partial charge in [0.25, 0.3) is 5.91 Å². The predicted octanol–water partition coefficient (Wildman–Crippen LogP) is 4.59. The third-order valence-electron chi connectivity index (χ3n) is 5.12. The Kier molecular flexibility index (Phi) is 4.18. The van der Waals surface area contributed by atoms with Crippen molar-refractivity contribution in [3.63, 3.8) is 0 Å². The fourth-order valence-electron chi connectivity index (χ4n) is 3.83. The first-order valence-electron chi connectivity index (χ1n) is 9.14. The van der Waals surface area contributed by atoms with E-state index in [1.165, 1.54) is 0 Å². The lowest BCUT2D eigenvalue weighted by Crippen LogP contribution is -2.29. The lowest BCUT2D eigenvalue weighted by Gasteiger charge is -2.25. The molecule has 5 rings (SSSR count). The maximum atomic E-state index is 13.4. The summed E-state index contributed by atoms with van der Waals surface area (Å²) in [6.07, 6.45) is 3.39. The number of halogens is 1. The summed E-state index contributed by atoms with van der Waals surface area (Å²) < 4.78 is 5.91. The van der Waals surface area contributed by atoms with Crippen LogP contribution in [0.15, 0.2) is 82.3 Å². The average molecular weight is 403 g/mol. The maximum Gasteiger partial charge on any atom is 0.291 e. The van der Waals surface area contributed by atoms with Crippen LogP contribution in [0.25, 0.3) is 11.0 Å². The lowest BCUT2D eigenvalue weighted by atomic mass is 9.98. The van der Waals surface area contributed by atoms with E-state index in [9.17, 15) is 9.59 Å². The van der Waals surface area contributed by atoms with Crippen molar-refractivity contribution in [1.82, 2.24) is 9.88 Å². The van der Waals surface area contributed by atoms with Gasteiger partial charge in [0.15, 0.2) is 5.43 Å². The molecule has 2 aromatic heterocycles. The molecule has 0 N–H and O–H groups in total. The minimum absolute atomic E-state index is 0.0857. The fraction of sp³-hybridized carbons (Fsp3) is 0.0870. The zero-order valence-corrected chi connectivity index (χ0v) is 16.0. The van der Waals surface area contributed by atoms with E-state index in [2.05, 4.69) is 4.98 Å². The zero-order chi connectivity index (χ0) is 20.0. The zero-order valence-electron chi connectivity index (χ0n) is 15.2. The van der Waals surface area contributed by atoms with Crippen molar-refractivity contribution < 1.29 is 9.21 Å². The quantitative estimate of drug-likeness (QED) is 0.503. The van der Waals surface area contributed by atoms with Gasteiger partial charge in [-0.25, -0.2) is 0 Å². The number of aromatic nitrogens is 1. The second-order valence-electron chi connectivity index (χ2n) is 6.92. The van der Waals surface area contributed by atoms with Crippen molar-refractivity contribution in [2.45, 2.75) is 12.6 Å². The highest BCUT2D eigenvalue weighted by atomic mass is 35.5. The second-order valence-corrected chi connectivity index (χ2v) is 7.36. The van der Waals surface area contributed by atoms with Gasteiger partial charge in [0.1, 0.15) is 5.58 Å². The summed E-state index contributed by atoms with van der Waals surface area (Å²) in [6.45, 7) is 0.312. The molecule has 1 atom stereocenters. The molecule has 2 aromatic carbocycles. The summed E-state index contributed by atoms with van der Waals surface area (Å²) in [7, 11) is 0. The van der Waals surface area contributed by atoms with Gasteiger partial charge >= 0.3 is 0 Å². The van der Waals surface area contributed by atoms with Gasteiger partial charge in [-0.3, -0.25) is 14.6 Å². The fourth-order valence-corrected chi connectivity index (χ4v) is 4.00. The molecule has 0 spiro atoms. The molecule has 0 saturated carbocycles. The molecule has 29 heavy (non-hydrogen) atoms. The summed E-state index contributed by atoms with van der Waals surface area (Å²) in [5.41, 5.74) is 2.17. The highest BCUT2D eigenvalue weighted by Crippen LogP contribution is 2.39. The number of carbonyl (C=O) groups excluding carboxylic acids is 1. The van der Waals surface area contributed by atoms with Crippen LogP contribution < -0.4 is 5.43 Å². The largest absolute Gasteiger partial charge is 0.450 e. The van der Waals surface area contributed by atoms with Gasteiger partial charge in [0.05, 0.1) is 17.0 Å². The molecular weight excluding hydrogens is 388 g/mol. The Morgan fingerprint density at radius 3 is 2.62 bits per heavy atom. The molecule has 0 unspecified atom stereocenters. The van der Waals surface area contributed by atoms with E-state index >= 15 is 0 Å². The van der Waals surface area contributed by atoms with Crippen LogP contribution in [-0.2, 0) is 6.54 Å². The molecule has 1 aliphatic rings. The summed E-state index contributed by atoms with van der Waals surface area (Å²) in [5.74, 6) is -0.228. The van der Waals surface area contributed by atoms with Gasteiger partial charge in [-0.1, -0.05) is 48.0 Å². The summed E-state index contributed by atoms with van der Waals surface area (Å²) in [5, 5.41) is 0.811. The van der Waals surface area contributed by atoms with Crippen LogP contribution in [0, 0.1) is 0 Å². The number of pyridine rings is 1. The van der Waals surface area contributed by atoms with Crippen molar-refractivity contribution >= 4 is 28.5 Å². The highest BCUT2D eigenvalue weighted by molar-refractivity contribution is 6.31. The Balaban J connectivity index is 1.74. The van der Waals surface area contributed by atoms with Crippen LogP contribution >= 0.6 is 11.6 Å². The Hall–Kier alpha value is -3.44. The summed E-state index contributed by atoms with van der Waals surface area (Å²) in [4.78, 5) is 32.5. The molecule has 6 heteroatoms. The lowest BCUT2D eigenvalue weighted by molar-refractivity contribution is 0.0714. The molecule has 4 aromatic rings. The monoisotopic (exact) mass is 402 g/mol. The van der Waals surface area contributed by atoms with E-state index < -0.39 is 6.04 Å². The summed E-state index contributed by atoms with van der Waals surface area (Å²) in [6, 6.07) is 17.5. The Labute approximate surface area is 171 Å². The standard InChI is InChI=1S/C23H15ClN2O3/c24-16-8-9-18-17(11-16)21(27)19-20(15-6-2-1-3-7-15)26(23(28)22(19)29-18)13-14-5-4-10-25-12-14/h1-12,20H,13H2/t20-/m1/s1. The molecule has 0 fully saturated rings. The van der Waals surface area contributed by atoms with Crippen LogP contribution in [0.3, 0.4) is 0 Å². The maximum absolute atomic E-state index is 13.4. The number of amides is 1. The minimum atomic E-state index is -0.543. The number of fused-ring (bicyclic) bond motifs is 2. The van der Waals surface area contributed by atoms with Crippen LogP contribution in [0.5, 0.6) is 0 Å². The minimum Gasteiger partial charge on any atom is -0.450 e. The van der Waals surface area contributed by atoms with Crippen LogP contribution in [-0.4, -0.2) is 15.8 Å². The van der Waals surface area contributed by atoms with Gasteiger partial charge in [0.2, 0.25) is 5.76 Å². The number of benzene rings is 2. The molecule has 1 amide bonds. The highest BCUT2D eigenvalue weighted by Gasteiger charge is 2.42. The van der Waals surface area contributed by atoms with Gasteiger partial charge in [-0.05, 0) is 35.4 Å². The molecule has 0 saturated heterocycles. The first kappa shape index (κ1) is 17.6. The van der Waals surface area contributed by atoms with Crippen molar-refractivity contribution in [3.8, 4) is 0 Å². The number of rotatable bonds is 3. The van der Waals surface area contributed by atoms with Gasteiger partial charge in [0, 0.05) is 24.0 Å². The summed E-state index contributed by atoms with van der Waals surface area (Å²) >= 11 is 6.09. The van der Waals surface area contributed by atoms with Crippen LogP contribution in [0.1, 0.15) is 33.3 Å². The smallest absolute Gasteiger partial charge is 0.291 e. The normalized spacial score (nSPS) is 15.7. The molecule has 1 aliphatic heterocycles. The Bertz CT molecular complexity index is 1290. The molecule has 5 nitrogen and oxygen atoms in total. The van der Waals surface area contributed by atoms with E-state index in [-0.39, 0.29) is 17.1 Å². The van der Waals surface area contributed by atoms with Crippen LogP contribution in [0.2, 0.25) is 5.02 Å². The predicted molar refractivity (Wildman–Crippen MR) is 110 cm³/mol. The number of nitrogens with zero attached hydrogens (tertiary/aromatic N) is 2. The number of hydrogen-bond donors (Lipinski definition) is 0. The molecule has 3 heterocycles. The van der Waals surface area contributed by atoms with Crippen molar-refractivity contribution in [3.05, 3.63) is 111 Å². The Morgan fingerprint density at radius 1 is 1.03 bits per heavy atom.